The van der Waals surface area contributed by atoms with Crippen LogP contribution in [0.3, 0.4) is 0 Å². The van der Waals surface area contributed by atoms with Gasteiger partial charge in [-0.25, -0.2) is 0 Å². The van der Waals surface area contributed by atoms with Gasteiger partial charge in [0.15, 0.2) is 5.75 Å². The van der Waals surface area contributed by atoms with E-state index in [9.17, 15) is 9.59 Å². The molecular weight excluding hydrogens is 556 g/mol. The molecule has 32 heavy (non-hydrogen) atoms. The molecule has 1 aromatic rings. The van der Waals surface area contributed by atoms with Gasteiger partial charge in [-0.15, -0.1) is 0 Å². The second-order valence-corrected chi connectivity index (χ2v) is 10.5. The number of likely N-dealkylation sites (tertiary alicyclic amines) is 1. The predicted octanol–water partition coefficient (Wildman–Crippen LogP) is 8.08. The fraction of sp³-hybridized carbons (Fsp3) is 0.625. The Morgan fingerprint density at radius 2 is 1.62 bits per heavy atom. The van der Waals surface area contributed by atoms with Crippen LogP contribution in [-0.4, -0.2) is 35.0 Å². The van der Waals surface area contributed by atoms with Crippen molar-refractivity contribution in [1.29, 1.82) is 5.26 Å². The highest BCUT2D eigenvalue weighted by atomic mass is 79.9. The number of carbonyl (C=O) groups excluding carboxylic acids is 2. The largest absolute Gasteiger partial charge is 0.424 e. The van der Waals surface area contributed by atoms with E-state index in [4.69, 9.17) is 10.00 Å². The summed E-state index contributed by atoms with van der Waals surface area (Å²) in [6.07, 6.45) is 10.9. The monoisotopic (exact) mass is 588 g/mol. The van der Waals surface area contributed by atoms with Gasteiger partial charge in [0, 0.05) is 19.5 Å². The Labute approximate surface area is 213 Å². The number of amides is 1. The van der Waals surface area contributed by atoms with E-state index in [-0.39, 0.29) is 11.2 Å². The van der Waals surface area contributed by atoms with Crippen molar-refractivity contribution in [3.8, 4) is 11.8 Å². The van der Waals surface area contributed by atoms with Gasteiger partial charge in [0.1, 0.15) is 0 Å². The van der Waals surface area contributed by atoms with E-state index >= 15 is 0 Å². The molecule has 2 rings (SSSR count). The van der Waals surface area contributed by atoms with Crippen LogP contribution in [0, 0.1) is 11.3 Å². The van der Waals surface area contributed by atoms with Crippen LogP contribution in [-0.2, 0) is 4.79 Å². The maximum atomic E-state index is 11.8. The summed E-state index contributed by atoms with van der Waals surface area (Å²) in [7, 11) is 0. The minimum atomic E-state index is -0.243. The first-order valence-corrected chi connectivity index (χ1v) is 14.0. The normalized spacial score (nSPS) is 13.4. The number of benzene rings is 1. The Hall–Kier alpha value is -1.04. The average Bonchev–Trinajstić information content (AvgIpc) is 3.06. The fourth-order valence-corrected chi connectivity index (χ4v) is 5.19. The maximum absolute atomic E-state index is 11.8. The van der Waals surface area contributed by atoms with Gasteiger partial charge in [0.2, 0.25) is 0 Å². The number of nitrogens with zero attached hydrogens (tertiary/aromatic N) is 2. The van der Waals surface area contributed by atoms with E-state index in [2.05, 4.69) is 38.8 Å². The van der Waals surface area contributed by atoms with E-state index in [1.165, 1.54) is 50.3 Å². The van der Waals surface area contributed by atoms with Crippen LogP contribution < -0.4 is 4.74 Å². The van der Waals surface area contributed by atoms with Gasteiger partial charge in [-0.2, -0.15) is 5.26 Å². The number of halogens is 2. The van der Waals surface area contributed by atoms with E-state index < -0.39 is 0 Å². The van der Waals surface area contributed by atoms with E-state index in [0.29, 0.717) is 26.7 Å². The van der Waals surface area contributed by atoms with Crippen molar-refractivity contribution in [3.63, 3.8) is 0 Å². The Morgan fingerprint density at radius 3 is 2.16 bits per heavy atom. The number of rotatable bonds is 8. The summed E-state index contributed by atoms with van der Waals surface area (Å²) in [5.41, 5.74) is 0.503. The molecule has 0 aromatic heterocycles. The summed E-state index contributed by atoms with van der Waals surface area (Å²) >= 11 is 8.06. The van der Waals surface area contributed by atoms with Gasteiger partial charge in [0.05, 0.1) is 20.6 Å². The Morgan fingerprint density at radius 1 is 1.03 bits per heavy atom. The minimum Gasteiger partial charge on any atom is -0.424 e. The van der Waals surface area contributed by atoms with Crippen molar-refractivity contribution in [3.05, 3.63) is 26.6 Å². The van der Waals surface area contributed by atoms with Gasteiger partial charge < -0.3 is 9.64 Å². The van der Waals surface area contributed by atoms with Crippen molar-refractivity contribution in [2.45, 2.75) is 78.1 Å². The molecule has 1 fully saturated rings. The molecule has 1 aromatic carbocycles. The summed E-state index contributed by atoms with van der Waals surface area (Å²) in [4.78, 5) is 25.2. The molecule has 8 heteroatoms. The van der Waals surface area contributed by atoms with Gasteiger partial charge in [-0.1, -0.05) is 64.1 Å². The van der Waals surface area contributed by atoms with Crippen LogP contribution in [0.15, 0.2) is 21.1 Å². The molecule has 1 heterocycles. The fourth-order valence-electron chi connectivity index (χ4n) is 3.23. The van der Waals surface area contributed by atoms with Gasteiger partial charge in [-0.3, -0.25) is 9.59 Å². The van der Waals surface area contributed by atoms with E-state index in [0.717, 1.165) is 38.1 Å². The first-order chi connectivity index (χ1) is 15.4. The Kier molecular flexibility index (Phi) is 15.8. The number of thioether (sulfide) groups is 1. The zero-order chi connectivity index (χ0) is 23.8. The molecule has 1 aliphatic heterocycles. The van der Waals surface area contributed by atoms with Gasteiger partial charge in [0.25, 0.3) is 5.24 Å². The van der Waals surface area contributed by atoms with Crippen molar-refractivity contribution < 1.29 is 14.3 Å². The van der Waals surface area contributed by atoms with Crippen molar-refractivity contribution in [1.82, 2.24) is 4.90 Å². The summed E-state index contributed by atoms with van der Waals surface area (Å²) in [5, 5.41) is 9.12. The third-order valence-corrected chi connectivity index (χ3v) is 6.93. The van der Waals surface area contributed by atoms with Crippen LogP contribution in [0.2, 0.25) is 0 Å². The predicted molar refractivity (Wildman–Crippen MR) is 139 cm³/mol. The number of hydrogen-bond donors (Lipinski definition) is 0. The van der Waals surface area contributed by atoms with Crippen LogP contribution in [0.4, 0.5) is 4.79 Å². The standard InChI is InChI=1S/C15H17Br2NO2.C9H17NOS/c1-2-3-4-5-6-7-14(19)20-15-12(16)8-11(10-18)9-13(15)17;1-2-12-9(11)10-7-5-3-4-6-8-10/h8-9H,2-7H2,1H3;2-8H2,1H3. The van der Waals surface area contributed by atoms with Crippen molar-refractivity contribution >= 4 is 54.8 Å². The Bertz CT molecular complexity index is 737. The smallest absolute Gasteiger partial charge is 0.311 e. The lowest BCUT2D eigenvalue weighted by Crippen LogP contribution is -2.28. The molecule has 178 valence electrons. The molecule has 5 nitrogen and oxygen atoms in total. The van der Waals surface area contributed by atoms with Crippen LogP contribution in [0.1, 0.15) is 83.6 Å². The van der Waals surface area contributed by atoms with Crippen molar-refractivity contribution in [2.24, 2.45) is 0 Å². The van der Waals surface area contributed by atoms with Crippen LogP contribution in [0.25, 0.3) is 0 Å². The number of unbranched alkanes of at least 4 members (excludes halogenated alkanes) is 4. The number of hydrogen-bond acceptors (Lipinski definition) is 5. The molecule has 0 atom stereocenters. The molecule has 1 saturated heterocycles. The average molecular weight is 590 g/mol. The lowest BCUT2D eigenvalue weighted by molar-refractivity contribution is -0.134. The van der Waals surface area contributed by atoms with Gasteiger partial charge in [-0.05, 0) is 69.0 Å². The van der Waals surface area contributed by atoms with Crippen LogP contribution in [0.5, 0.6) is 5.75 Å². The summed E-state index contributed by atoms with van der Waals surface area (Å²) in [5.74, 6) is 1.09. The first kappa shape index (κ1) is 29.0. The molecule has 1 amide bonds. The maximum Gasteiger partial charge on any atom is 0.311 e. The molecule has 0 N–H and O–H groups in total. The topological polar surface area (TPSA) is 70.4 Å². The molecule has 0 bridgehead atoms. The van der Waals surface area contributed by atoms with Gasteiger partial charge >= 0.3 is 5.97 Å². The lowest BCUT2D eigenvalue weighted by atomic mass is 10.1. The Balaban J connectivity index is 0.000000363. The number of nitriles is 1. The SMILES string of the molecule is CCCCCCCC(=O)Oc1c(Br)cc(C#N)cc1Br.CCSC(=O)N1CCCCCC1. The first-order valence-electron chi connectivity index (χ1n) is 11.4. The number of carbonyl (C=O) groups is 2. The number of esters is 1. The molecule has 0 radical (unpaired) electrons. The quantitative estimate of drug-likeness (QED) is 0.174. The third-order valence-electron chi connectivity index (χ3n) is 4.96. The lowest BCUT2D eigenvalue weighted by Gasteiger charge is -2.18. The highest BCUT2D eigenvalue weighted by Gasteiger charge is 2.15. The highest BCUT2D eigenvalue weighted by molar-refractivity contribution is 9.11. The zero-order valence-corrected chi connectivity index (χ0v) is 23.1. The summed E-state index contributed by atoms with van der Waals surface area (Å²) in [6.45, 7) is 6.15. The zero-order valence-electron chi connectivity index (χ0n) is 19.1. The molecule has 0 unspecified atom stereocenters. The van der Waals surface area contributed by atoms with E-state index in [1.807, 2.05) is 17.9 Å². The molecule has 0 saturated carbocycles. The molecule has 1 aliphatic rings. The summed E-state index contributed by atoms with van der Waals surface area (Å²) in [6, 6.07) is 5.31. The number of ether oxygens (including phenoxy) is 1. The molecular formula is C24H34Br2N2O3S. The highest BCUT2D eigenvalue weighted by Crippen LogP contribution is 2.35. The molecule has 0 aliphatic carbocycles. The third kappa shape index (κ3) is 11.7. The van der Waals surface area contributed by atoms with Crippen molar-refractivity contribution in [2.75, 3.05) is 18.8 Å². The molecule has 0 spiro atoms. The van der Waals surface area contributed by atoms with E-state index in [1.54, 1.807) is 12.1 Å². The van der Waals surface area contributed by atoms with Crippen LogP contribution >= 0.6 is 43.6 Å². The second kappa shape index (κ2) is 17.4. The second-order valence-electron chi connectivity index (χ2n) is 7.62. The summed E-state index contributed by atoms with van der Waals surface area (Å²) < 4.78 is 6.54. The minimum absolute atomic E-state index is 0.243.